The normalized spacial score (nSPS) is 19.5. The number of hydrogen-bond acceptors (Lipinski definition) is 6. The van der Waals surface area contributed by atoms with Gasteiger partial charge in [0.05, 0.1) is 5.54 Å². The van der Waals surface area contributed by atoms with Crippen molar-refractivity contribution in [2.24, 2.45) is 0 Å². The second-order valence-corrected chi connectivity index (χ2v) is 12.1. The molecule has 4 heterocycles. The van der Waals surface area contributed by atoms with Crippen LogP contribution in [0.5, 0.6) is 11.5 Å². The average molecular weight is 602 g/mol. The Hall–Kier alpha value is -4.44. The molecule has 0 saturated heterocycles. The first-order chi connectivity index (χ1) is 20.9. The molecule has 1 fully saturated rings. The Morgan fingerprint density at radius 3 is 2.60 bits per heavy atom. The molecule has 1 aliphatic carbocycles. The number of aromatic nitrogens is 1. The first kappa shape index (κ1) is 27.4. The number of fused-ring (bicyclic) bond motifs is 6. The Morgan fingerprint density at radius 2 is 1.88 bits per heavy atom. The van der Waals surface area contributed by atoms with E-state index in [1.807, 2.05) is 59.8 Å². The highest BCUT2D eigenvalue weighted by Crippen LogP contribution is 2.46. The van der Waals surface area contributed by atoms with Crippen molar-refractivity contribution >= 4 is 17.2 Å². The van der Waals surface area contributed by atoms with Crippen LogP contribution in [0, 0.1) is 18.6 Å². The third-order valence-electron chi connectivity index (χ3n) is 8.60. The molecule has 1 spiro atoms. The van der Waals surface area contributed by atoms with E-state index >= 15 is 4.39 Å². The van der Waals surface area contributed by atoms with Crippen molar-refractivity contribution in [3.63, 3.8) is 0 Å². The number of pyridine rings is 1. The summed E-state index contributed by atoms with van der Waals surface area (Å²) in [6.07, 6.45) is 7.61. The molecular weight excluding hydrogens is 572 g/mol. The van der Waals surface area contributed by atoms with Crippen molar-refractivity contribution in [2.75, 3.05) is 18.3 Å². The van der Waals surface area contributed by atoms with Crippen LogP contribution in [0.25, 0.3) is 0 Å². The highest BCUT2D eigenvalue weighted by molar-refractivity contribution is 7.10. The van der Waals surface area contributed by atoms with E-state index in [2.05, 4.69) is 0 Å². The van der Waals surface area contributed by atoms with Crippen LogP contribution in [-0.4, -0.2) is 34.3 Å². The number of ether oxygens (including phenoxy) is 2. The van der Waals surface area contributed by atoms with Crippen LogP contribution in [0.15, 0.2) is 83.1 Å². The van der Waals surface area contributed by atoms with E-state index in [9.17, 15) is 14.0 Å². The number of rotatable bonds is 4. The van der Waals surface area contributed by atoms with E-state index in [0.29, 0.717) is 5.56 Å². The highest BCUT2D eigenvalue weighted by atomic mass is 32.1. The first-order valence-electron chi connectivity index (χ1n) is 14.2. The molecule has 7 nitrogen and oxygen atoms in total. The van der Waals surface area contributed by atoms with Gasteiger partial charge < -0.3 is 14.4 Å². The average Bonchev–Trinajstić information content (AvgIpc) is 3.40. The number of amides is 1. The third kappa shape index (κ3) is 4.52. The lowest BCUT2D eigenvalue weighted by Crippen LogP contribution is -2.64. The van der Waals surface area contributed by atoms with Crippen molar-refractivity contribution in [1.82, 2.24) is 9.58 Å². The van der Waals surface area contributed by atoms with Crippen molar-refractivity contribution in [1.29, 1.82) is 0 Å². The highest BCUT2D eigenvalue weighted by Gasteiger charge is 2.49. The lowest BCUT2D eigenvalue weighted by Gasteiger charge is -2.53. The maximum absolute atomic E-state index is 15.5. The quantitative estimate of drug-likeness (QED) is 0.265. The molecule has 0 unspecified atom stereocenters. The Balaban J connectivity index is 1.48. The van der Waals surface area contributed by atoms with Gasteiger partial charge in [0, 0.05) is 22.7 Å². The predicted octanol–water partition coefficient (Wildman–Crippen LogP) is 6.09. The fourth-order valence-electron chi connectivity index (χ4n) is 6.22. The van der Waals surface area contributed by atoms with Gasteiger partial charge >= 0.3 is 0 Å². The molecule has 2 aliphatic heterocycles. The lowest BCUT2D eigenvalue weighted by molar-refractivity contribution is 0.0253. The van der Waals surface area contributed by atoms with Crippen molar-refractivity contribution < 1.29 is 23.0 Å². The summed E-state index contributed by atoms with van der Waals surface area (Å²) < 4.78 is 43.8. The minimum atomic E-state index is -1.07. The molecule has 0 N–H and O–H groups in total. The standard InChI is InChI=1S/C33H29F2N3O4S/c1-21-12-18-43-31(21)27-23-9-10-24(34)26(35)29(23)41-17-6-15-33(13-5-14-33)36-20-38(27)37-16-11-25(39)30(28(37)32(36)40)42-19-22-7-3-2-4-8-22/h2-4,6-12,15-16,18,27H,5,13-14,17,19-20H2,1H3/b15-6+/t27-/m0/s1. The Bertz CT molecular complexity index is 1800. The van der Waals surface area contributed by atoms with Crippen LogP contribution in [0.3, 0.4) is 0 Å². The number of halogens is 2. The Kier molecular flexibility index (Phi) is 6.80. The fraction of sp³-hybridized carbons (Fsp3) is 0.273. The van der Waals surface area contributed by atoms with E-state index < -0.39 is 28.6 Å². The minimum Gasteiger partial charge on any atom is -0.486 e. The summed E-state index contributed by atoms with van der Waals surface area (Å²) in [7, 11) is 0. The van der Waals surface area contributed by atoms with Crippen LogP contribution in [0.1, 0.15) is 57.4 Å². The largest absolute Gasteiger partial charge is 0.486 e. The fourth-order valence-corrected chi connectivity index (χ4v) is 7.27. The molecule has 1 saturated carbocycles. The molecule has 1 atom stereocenters. The molecule has 2 aromatic heterocycles. The molecule has 220 valence electrons. The monoisotopic (exact) mass is 601 g/mol. The Labute approximate surface area is 251 Å². The van der Waals surface area contributed by atoms with Gasteiger partial charge in [0.2, 0.25) is 11.2 Å². The summed E-state index contributed by atoms with van der Waals surface area (Å²) >= 11 is 1.48. The number of hydrogen-bond donors (Lipinski definition) is 0. The number of carbonyl (C=O) groups is 1. The molecule has 0 radical (unpaired) electrons. The van der Waals surface area contributed by atoms with Crippen molar-refractivity contribution in [2.45, 2.75) is 44.4 Å². The van der Waals surface area contributed by atoms with Gasteiger partial charge in [-0.05, 0) is 67.0 Å². The molecule has 10 heteroatoms. The molecule has 1 amide bonds. The molecule has 43 heavy (non-hydrogen) atoms. The topological polar surface area (TPSA) is 64.0 Å². The van der Waals surface area contributed by atoms with Crippen molar-refractivity contribution in [3.8, 4) is 11.5 Å². The van der Waals surface area contributed by atoms with Gasteiger partial charge in [0.25, 0.3) is 5.91 Å². The zero-order valence-corrected chi connectivity index (χ0v) is 24.3. The smallest absolute Gasteiger partial charge is 0.278 e. The summed E-state index contributed by atoms with van der Waals surface area (Å²) in [5, 5.41) is 3.86. The van der Waals surface area contributed by atoms with Gasteiger partial charge in [-0.3, -0.25) is 19.3 Å². The van der Waals surface area contributed by atoms with Crippen LogP contribution in [-0.2, 0) is 6.61 Å². The number of aryl methyl sites for hydroxylation is 1. The van der Waals surface area contributed by atoms with Crippen molar-refractivity contribution in [3.05, 3.63) is 127 Å². The van der Waals surface area contributed by atoms with E-state index in [1.54, 1.807) is 21.8 Å². The number of nitrogens with zero attached hydrogens (tertiary/aromatic N) is 3. The number of benzene rings is 2. The van der Waals surface area contributed by atoms with Crippen LogP contribution < -0.4 is 19.9 Å². The summed E-state index contributed by atoms with van der Waals surface area (Å²) in [6, 6.07) is 14.7. The molecule has 7 rings (SSSR count). The summed E-state index contributed by atoms with van der Waals surface area (Å²) in [4.78, 5) is 30.5. The third-order valence-corrected chi connectivity index (χ3v) is 9.68. The Morgan fingerprint density at radius 1 is 1.07 bits per heavy atom. The maximum atomic E-state index is 15.5. The molecule has 2 aromatic carbocycles. The zero-order valence-electron chi connectivity index (χ0n) is 23.5. The van der Waals surface area contributed by atoms with Crippen LogP contribution in [0.4, 0.5) is 8.78 Å². The van der Waals surface area contributed by atoms with Gasteiger partial charge in [0.1, 0.15) is 25.9 Å². The second-order valence-electron chi connectivity index (χ2n) is 11.1. The van der Waals surface area contributed by atoms with Gasteiger partial charge in [-0.15, -0.1) is 11.3 Å². The number of thiophene rings is 1. The van der Waals surface area contributed by atoms with Gasteiger partial charge in [-0.1, -0.05) is 36.4 Å². The van der Waals surface area contributed by atoms with Gasteiger partial charge in [-0.2, -0.15) is 4.39 Å². The van der Waals surface area contributed by atoms with E-state index in [1.165, 1.54) is 23.5 Å². The summed E-state index contributed by atoms with van der Waals surface area (Å²) in [5.74, 6) is -2.64. The summed E-state index contributed by atoms with van der Waals surface area (Å²) in [6.45, 7) is 2.20. The van der Waals surface area contributed by atoms with Gasteiger partial charge in [-0.25, -0.2) is 4.39 Å². The van der Waals surface area contributed by atoms with Crippen LogP contribution >= 0.6 is 11.3 Å². The van der Waals surface area contributed by atoms with Crippen LogP contribution in [0.2, 0.25) is 0 Å². The lowest BCUT2D eigenvalue weighted by atomic mass is 9.74. The molecule has 4 aromatic rings. The molecule has 2 bridgehead atoms. The second kappa shape index (κ2) is 10.7. The first-order valence-corrected chi connectivity index (χ1v) is 15.1. The molecule has 3 aliphatic rings. The van der Waals surface area contributed by atoms with E-state index in [4.69, 9.17) is 9.47 Å². The summed E-state index contributed by atoms with van der Waals surface area (Å²) in [5.41, 5.74) is 1.26. The zero-order chi connectivity index (χ0) is 29.7. The predicted molar refractivity (Wildman–Crippen MR) is 159 cm³/mol. The number of carbonyl (C=O) groups excluding carboxylic acids is 1. The van der Waals surface area contributed by atoms with E-state index in [0.717, 1.165) is 41.3 Å². The SMILES string of the molecule is Cc1ccsc1[C@@H]1c2ccc(F)c(F)c2OC/C=C/C2(CCC2)N2CN1n1ccc(=O)c(OCc3ccccc3)c1C2=O. The van der Waals surface area contributed by atoms with Gasteiger partial charge in [0.15, 0.2) is 23.0 Å². The molecular formula is C33H29F2N3O4S. The minimum absolute atomic E-state index is 0.00350. The maximum Gasteiger partial charge on any atom is 0.278 e. The van der Waals surface area contributed by atoms with E-state index in [-0.39, 0.29) is 43.0 Å².